The quantitative estimate of drug-likeness (QED) is 0.0263. The number of carbonyl (C=O) groups is 3. The summed E-state index contributed by atoms with van der Waals surface area (Å²) in [5, 5.41) is 103. The van der Waals surface area contributed by atoms with Crippen LogP contribution >= 0.6 is 15.6 Å². The molecular weight excluding hydrogens is 1190 g/mol. The number of ketones is 1. The lowest BCUT2D eigenvalue weighted by Gasteiger charge is -2.40. The van der Waals surface area contributed by atoms with E-state index in [9.17, 15) is 84.4 Å². The molecule has 6 rings (SSSR count). The number of nitrogens with zero attached hydrogens (tertiary/aromatic N) is 2. The van der Waals surface area contributed by atoms with E-state index in [1.807, 2.05) is 0 Å². The largest absolute Gasteiger partial charge is 0.472 e. The molecule has 0 radical (unpaired) electrons. The highest BCUT2D eigenvalue weighted by Gasteiger charge is 2.48. The number of rotatable bonds is 31. The van der Waals surface area contributed by atoms with Crippen LogP contribution in [0.3, 0.4) is 0 Å². The average molecular weight is 1290 g/mol. The Kier molecular flexibility index (Phi) is 30.7. The first kappa shape index (κ1) is 74.8. The summed E-state index contributed by atoms with van der Waals surface area (Å²) in [6, 6.07) is -2.63. The molecule has 6 aliphatic heterocycles. The van der Waals surface area contributed by atoms with E-state index in [2.05, 4.69) is 26.1 Å². The highest BCUT2D eigenvalue weighted by Crippen LogP contribution is 2.50. The Labute approximate surface area is 501 Å². The van der Waals surface area contributed by atoms with Crippen molar-refractivity contribution in [1.29, 1.82) is 0 Å². The van der Waals surface area contributed by atoms with Gasteiger partial charge in [-0.25, -0.2) is 9.13 Å². The molecule has 0 aromatic heterocycles. The van der Waals surface area contributed by atoms with Gasteiger partial charge >= 0.3 is 15.6 Å². The van der Waals surface area contributed by atoms with E-state index in [0.717, 1.165) is 5.92 Å². The molecule has 33 heteroatoms. The summed E-state index contributed by atoms with van der Waals surface area (Å²) >= 11 is 0. The van der Waals surface area contributed by atoms with Crippen LogP contribution < -0.4 is 5.32 Å². The fraction of sp³-hybridized carbons (Fsp3) is 0.943. The van der Waals surface area contributed by atoms with Crippen molar-refractivity contribution in [2.24, 2.45) is 29.6 Å². The van der Waals surface area contributed by atoms with Crippen molar-refractivity contribution in [3.05, 3.63) is 0 Å². The normalized spacial score (nSPS) is 38.1. The van der Waals surface area contributed by atoms with Crippen LogP contribution in [0, 0.1) is 29.6 Å². The molecule has 6 fully saturated rings. The molecule has 6 heterocycles. The van der Waals surface area contributed by atoms with E-state index in [0.29, 0.717) is 0 Å². The maximum atomic E-state index is 13.9. The number of hydrogen-bond donors (Lipinski definition) is 13. The molecule has 0 spiro atoms. The lowest BCUT2D eigenvalue weighted by Crippen LogP contribution is -2.55. The number of ether oxygens (including phenoxy) is 7. The van der Waals surface area contributed by atoms with Crippen LogP contribution in [-0.4, -0.2) is 278 Å². The van der Waals surface area contributed by atoms with Crippen LogP contribution in [0.25, 0.3) is 0 Å². The third-order valence-electron chi connectivity index (χ3n) is 16.0. The molecule has 24 atom stereocenters. The number of hydrogen-bond acceptors (Lipinski definition) is 27. The molecule has 502 valence electrons. The van der Waals surface area contributed by atoms with Crippen molar-refractivity contribution >= 4 is 33.2 Å². The van der Waals surface area contributed by atoms with Crippen LogP contribution in [-0.2, 0) is 74.8 Å². The Morgan fingerprint density at radius 2 is 0.919 bits per heavy atom. The number of Topliss-reactive ketones (excluding diaryl/α,β-unsaturated/α-hetero) is 1. The number of methoxy groups -OCH3 is 1. The predicted molar refractivity (Wildman–Crippen MR) is 296 cm³/mol. The Balaban J connectivity index is 0.00000327. The topological polar surface area (TPSA) is 448 Å². The number of phosphoric acid groups is 2. The monoisotopic (exact) mass is 1290 g/mol. The van der Waals surface area contributed by atoms with Crippen LogP contribution in [0.5, 0.6) is 0 Å². The zero-order valence-corrected chi connectivity index (χ0v) is 51.9. The zero-order valence-electron chi connectivity index (χ0n) is 50.1. The molecule has 6 aliphatic rings. The van der Waals surface area contributed by atoms with Crippen molar-refractivity contribution in [2.75, 3.05) is 79.7 Å². The van der Waals surface area contributed by atoms with Crippen LogP contribution in [0.4, 0.5) is 0 Å². The Hall–Kier alpha value is -1.89. The van der Waals surface area contributed by atoms with Crippen molar-refractivity contribution < 1.29 is 136 Å². The minimum atomic E-state index is -5.00. The summed E-state index contributed by atoms with van der Waals surface area (Å²) in [4.78, 5) is 65.4. The lowest BCUT2D eigenvalue weighted by atomic mass is 9.92. The summed E-state index contributed by atoms with van der Waals surface area (Å²) < 4.78 is 88.4. The van der Waals surface area contributed by atoms with Gasteiger partial charge in [0.25, 0.3) is 0 Å². The number of carbonyl (C=O) groups excluding carboxylic acids is 3. The summed E-state index contributed by atoms with van der Waals surface area (Å²) in [5.41, 5.74) is 0. The molecule has 0 aromatic rings. The van der Waals surface area contributed by atoms with Gasteiger partial charge in [0.1, 0.15) is 48.6 Å². The standard InChI is InChI=1S/C49H87N3O28P2.C4H10/c1-25-41(60)44(63)34(19-53)76-47(25)71-11-5-8-33(56)40-28(14-37(57)50-40)22-74-81(66,67)79-32-16-30(52(18-32)39(59)10-7-13-73-49-27(3)43(62)46(65)36(21-55)78-49)24-75-82(68,69)80-31-15-29(23-70-4)51(17-31)38(58)9-6-12-72-48-26(2)42(61)45(64)35(20-54)77-48;1-4(2)3/h25-32,34-37,40-50,53-55,57,60-65H,5-24H2,1-4H3,(H,66,67)(H,68,69);4H,1-3H3/t25?,26?,27?,28-,29-,30-,31+,32+,34?,35?,36?,37+,40?,41+,42+,43+,44-,45-,46-,47+,48+,49+;/m0./s1. The first-order valence-corrected chi connectivity index (χ1v) is 32.6. The molecule has 13 N–H and O–H groups in total. The molecule has 2 amide bonds. The van der Waals surface area contributed by atoms with E-state index in [4.69, 9.17) is 51.3 Å². The third kappa shape index (κ3) is 21.6. The lowest BCUT2D eigenvalue weighted by molar-refractivity contribution is -0.282. The summed E-state index contributed by atoms with van der Waals surface area (Å²) in [6.45, 7) is 7.92. The Morgan fingerprint density at radius 3 is 1.29 bits per heavy atom. The molecule has 0 aromatic carbocycles. The highest BCUT2D eigenvalue weighted by atomic mass is 31.2. The average Bonchev–Trinajstić information content (AvgIpc) is 3.35. The van der Waals surface area contributed by atoms with Crippen molar-refractivity contribution in [2.45, 2.75) is 210 Å². The molecule has 0 bridgehead atoms. The Morgan fingerprint density at radius 1 is 0.558 bits per heavy atom. The highest BCUT2D eigenvalue weighted by molar-refractivity contribution is 7.47. The van der Waals surface area contributed by atoms with Gasteiger partial charge in [0.05, 0.1) is 108 Å². The molecule has 6 saturated heterocycles. The number of aliphatic hydroxyl groups is 10. The molecule has 31 nitrogen and oxygen atoms in total. The molecule has 9 unspecified atom stereocenters. The van der Waals surface area contributed by atoms with Gasteiger partial charge in [0, 0.05) is 63.1 Å². The van der Waals surface area contributed by atoms with Gasteiger partial charge in [-0.2, -0.15) is 0 Å². The van der Waals surface area contributed by atoms with Crippen LogP contribution in [0.15, 0.2) is 0 Å². The minimum absolute atomic E-state index is 0.0115. The third-order valence-corrected chi connectivity index (χ3v) is 18.0. The minimum Gasteiger partial charge on any atom is -0.394 e. The van der Waals surface area contributed by atoms with E-state index in [1.165, 1.54) is 16.9 Å². The SMILES string of the molecule is CC(C)C.COC[C@@H]1C[C@@H](OP(=O)(O)OC[C@@H]2C[C@@H](OP(=O)(O)OC[C@@H]3C[C@@H](O)NC3C(=O)CCCO[C@@H]3OC(CO)[C@H](O)[C@H](O)C3C)CN2C(=O)CCCO[C@@H]2OC(CO)[C@H](O)[C@H](O)C2C)CN1C(=O)CCCO[C@@H]1OC(CO)[C@H](O)[C@H](O)C1C. The summed E-state index contributed by atoms with van der Waals surface area (Å²) in [5.74, 6) is -3.26. The first-order valence-electron chi connectivity index (χ1n) is 29.6. The van der Waals surface area contributed by atoms with E-state index < -0.39 is 189 Å². The maximum Gasteiger partial charge on any atom is 0.472 e. The van der Waals surface area contributed by atoms with Crippen molar-refractivity contribution in [3.8, 4) is 0 Å². The molecule has 86 heavy (non-hydrogen) atoms. The fourth-order valence-electron chi connectivity index (χ4n) is 11.1. The van der Waals surface area contributed by atoms with Crippen molar-refractivity contribution in [1.82, 2.24) is 15.1 Å². The van der Waals surface area contributed by atoms with Gasteiger partial charge in [-0.15, -0.1) is 0 Å². The van der Waals surface area contributed by atoms with Gasteiger partial charge in [-0.3, -0.25) is 37.8 Å². The van der Waals surface area contributed by atoms with Gasteiger partial charge in [0.15, 0.2) is 18.9 Å². The van der Waals surface area contributed by atoms with E-state index in [1.54, 1.807) is 20.8 Å². The van der Waals surface area contributed by atoms with Gasteiger partial charge < -0.3 is 104 Å². The Bertz CT molecular complexity index is 2160. The number of nitrogens with one attached hydrogen (secondary N) is 1. The molecule has 0 aliphatic carbocycles. The van der Waals surface area contributed by atoms with Gasteiger partial charge in [-0.1, -0.05) is 41.5 Å². The molecule has 0 saturated carbocycles. The van der Waals surface area contributed by atoms with E-state index >= 15 is 0 Å². The second-order valence-corrected chi connectivity index (χ2v) is 26.6. The van der Waals surface area contributed by atoms with Gasteiger partial charge in [-0.05, 0) is 44.4 Å². The van der Waals surface area contributed by atoms with E-state index in [-0.39, 0.29) is 109 Å². The fourth-order valence-corrected chi connectivity index (χ4v) is 13.1. The number of amides is 2. The first-order chi connectivity index (χ1) is 40.5. The van der Waals surface area contributed by atoms with Crippen LogP contribution in [0.2, 0.25) is 0 Å². The second-order valence-electron chi connectivity index (χ2n) is 23.8. The zero-order chi connectivity index (χ0) is 63.8. The number of phosphoric ester groups is 2. The number of aliphatic hydroxyl groups excluding tert-OH is 10. The van der Waals surface area contributed by atoms with Crippen molar-refractivity contribution in [3.63, 3.8) is 0 Å². The van der Waals surface area contributed by atoms with Crippen LogP contribution in [0.1, 0.15) is 99.3 Å². The summed E-state index contributed by atoms with van der Waals surface area (Å²) in [6.07, 6.45) is -17.4. The number of likely N-dealkylation sites (tertiary alicyclic amines) is 2. The summed E-state index contributed by atoms with van der Waals surface area (Å²) in [7, 11) is -8.55. The second kappa shape index (κ2) is 35.2. The van der Waals surface area contributed by atoms with Gasteiger partial charge in [0.2, 0.25) is 11.8 Å². The molecular formula is C53H97N3O28P2. The predicted octanol–water partition coefficient (Wildman–Crippen LogP) is -2.02. The maximum absolute atomic E-state index is 13.9. The smallest absolute Gasteiger partial charge is 0.394 e.